The second kappa shape index (κ2) is 5.01. The molecule has 0 saturated carbocycles. The van der Waals surface area contributed by atoms with E-state index in [0.717, 1.165) is 27.4 Å². The lowest BCUT2D eigenvalue weighted by Crippen LogP contribution is -2.03. The van der Waals surface area contributed by atoms with Crippen LogP contribution in [0.5, 0.6) is 0 Å². The fraction of sp³-hybridized carbons (Fsp3) is 0.273. The summed E-state index contributed by atoms with van der Waals surface area (Å²) in [7, 11) is 0. The minimum Gasteiger partial charge on any atom is -0.397 e. The molecule has 0 unspecified atom stereocenters. The van der Waals surface area contributed by atoms with Gasteiger partial charge in [-0.3, -0.25) is 0 Å². The highest BCUT2D eigenvalue weighted by Crippen LogP contribution is 2.28. The highest BCUT2D eigenvalue weighted by atomic mass is 79.9. The first kappa shape index (κ1) is 12.3. The number of hydrogen-bond acceptors (Lipinski definition) is 5. The lowest BCUT2D eigenvalue weighted by Gasteiger charge is -2.09. The van der Waals surface area contributed by atoms with Gasteiger partial charge in [-0.1, -0.05) is 0 Å². The minimum atomic E-state index is 0.691. The van der Waals surface area contributed by atoms with Crippen LogP contribution in [0.25, 0.3) is 0 Å². The predicted octanol–water partition coefficient (Wildman–Crippen LogP) is 3.11. The lowest BCUT2D eigenvalue weighted by molar-refractivity contribution is 1.11. The first-order valence-electron chi connectivity index (χ1n) is 5.13. The highest BCUT2D eigenvalue weighted by molar-refractivity contribution is 9.10. The quantitative estimate of drug-likeness (QED) is 0.914. The largest absolute Gasteiger partial charge is 0.397 e. The van der Waals surface area contributed by atoms with Gasteiger partial charge < -0.3 is 11.1 Å². The van der Waals surface area contributed by atoms with Gasteiger partial charge in [0.2, 0.25) is 0 Å². The number of thiazole rings is 1. The molecule has 90 valence electrons. The summed E-state index contributed by atoms with van der Waals surface area (Å²) in [4.78, 5) is 9.66. The summed E-state index contributed by atoms with van der Waals surface area (Å²) in [6.07, 6.45) is 3.55. The molecule has 0 aliphatic heterocycles. The van der Waals surface area contributed by atoms with Crippen molar-refractivity contribution >= 4 is 38.8 Å². The number of aryl methyl sites for hydroxylation is 1. The molecule has 2 rings (SSSR count). The number of pyridine rings is 1. The normalized spacial score (nSPS) is 10.5. The van der Waals surface area contributed by atoms with Crippen molar-refractivity contribution in [3.05, 3.63) is 32.3 Å². The van der Waals surface area contributed by atoms with Crippen LogP contribution in [0.15, 0.2) is 16.9 Å². The number of nitrogen functional groups attached to an aromatic ring is 1. The molecule has 0 fully saturated rings. The highest BCUT2D eigenvalue weighted by Gasteiger charge is 2.07. The van der Waals surface area contributed by atoms with E-state index >= 15 is 0 Å². The number of halogens is 1. The van der Waals surface area contributed by atoms with E-state index in [1.165, 1.54) is 4.88 Å². The number of nitrogens with one attached hydrogen (secondary N) is 1. The fourth-order valence-corrected chi connectivity index (χ4v) is 2.58. The van der Waals surface area contributed by atoms with E-state index < -0.39 is 0 Å². The molecule has 0 spiro atoms. The molecule has 2 heterocycles. The van der Waals surface area contributed by atoms with Gasteiger partial charge in [0.25, 0.3) is 0 Å². The van der Waals surface area contributed by atoms with Crippen molar-refractivity contribution in [1.29, 1.82) is 0 Å². The summed E-state index contributed by atoms with van der Waals surface area (Å²) < 4.78 is 0.915. The SMILES string of the molecule is Cc1ncc(CNc2ncc(N)c(C)c2Br)s1. The van der Waals surface area contributed by atoms with Gasteiger partial charge in [0.15, 0.2) is 0 Å². The van der Waals surface area contributed by atoms with E-state index in [2.05, 4.69) is 31.2 Å². The first-order valence-corrected chi connectivity index (χ1v) is 6.74. The molecule has 0 amide bonds. The summed E-state index contributed by atoms with van der Waals surface area (Å²) in [6, 6.07) is 0. The maximum Gasteiger partial charge on any atom is 0.141 e. The zero-order chi connectivity index (χ0) is 12.4. The third-order valence-corrected chi connectivity index (χ3v) is 4.29. The van der Waals surface area contributed by atoms with Crippen LogP contribution in [0, 0.1) is 13.8 Å². The van der Waals surface area contributed by atoms with Crippen LogP contribution in [0.2, 0.25) is 0 Å². The number of anilines is 2. The Morgan fingerprint density at radius 2 is 2.12 bits per heavy atom. The summed E-state index contributed by atoms with van der Waals surface area (Å²) in [6.45, 7) is 4.68. The second-order valence-electron chi connectivity index (χ2n) is 3.70. The maximum absolute atomic E-state index is 5.77. The van der Waals surface area contributed by atoms with Crippen molar-refractivity contribution in [3.8, 4) is 0 Å². The molecule has 0 bridgehead atoms. The van der Waals surface area contributed by atoms with E-state index in [-0.39, 0.29) is 0 Å². The van der Waals surface area contributed by atoms with Gasteiger partial charge in [-0.15, -0.1) is 11.3 Å². The third-order valence-electron chi connectivity index (χ3n) is 2.40. The van der Waals surface area contributed by atoms with Gasteiger partial charge in [0.1, 0.15) is 5.82 Å². The zero-order valence-electron chi connectivity index (χ0n) is 9.62. The summed E-state index contributed by atoms with van der Waals surface area (Å²) >= 11 is 5.17. The molecule has 17 heavy (non-hydrogen) atoms. The Morgan fingerprint density at radius 3 is 2.76 bits per heavy atom. The molecule has 0 aliphatic rings. The monoisotopic (exact) mass is 312 g/mol. The Balaban J connectivity index is 2.12. The number of rotatable bonds is 3. The molecule has 3 N–H and O–H groups in total. The van der Waals surface area contributed by atoms with Crippen LogP contribution in [0.3, 0.4) is 0 Å². The zero-order valence-corrected chi connectivity index (χ0v) is 12.0. The summed E-state index contributed by atoms with van der Waals surface area (Å²) in [5, 5.41) is 4.34. The molecule has 6 heteroatoms. The van der Waals surface area contributed by atoms with Crippen LogP contribution < -0.4 is 11.1 Å². The average molecular weight is 313 g/mol. The lowest BCUT2D eigenvalue weighted by atomic mass is 10.2. The Labute approximate surface area is 112 Å². The molecular formula is C11H13BrN4S. The molecule has 0 aromatic carbocycles. The number of nitrogens with two attached hydrogens (primary N) is 1. The molecule has 2 aromatic rings. The molecule has 0 radical (unpaired) electrons. The molecule has 0 aliphatic carbocycles. The van der Waals surface area contributed by atoms with E-state index in [9.17, 15) is 0 Å². The Kier molecular flexibility index (Phi) is 3.63. The second-order valence-corrected chi connectivity index (χ2v) is 5.81. The van der Waals surface area contributed by atoms with Gasteiger partial charge in [-0.25, -0.2) is 9.97 Å². The van der Waals surface area contributed by atoms with Crippen molar-refractivity contribution in [1.82, 2.24) is 9.97 Å². The standard InChI is InChI=1S/C11H13BrN4S/c1-6-9(13)5-16-11(10(6)12)15-4-8-3-14-7(2)17-8/h3,5H,4,13H2,1-2H3,(H,15,16). The molecule has 4 nitrogen and oxygen atoms in total. The van der Waals surface area contributed by atoms with Crippen LogP contribution >= 0.6 is 27.3 Å². The van der Waals surface area contributed by atoms with E-state index in [0.29, 0.717) is 5.69 Å². The minimum absolute atomic E-state index is 0.691. The van der Waals surface area contributed by atoms with E-state index in [1.807, 2.05) is 20.0 Å². The number of nitrogens with zero attached hydrogens (tertiary/aromatic N) is 2. The molecule has 0 atom stereocenters. The van der Waals surface area contributed by atoms with E-state index in [1.54, 1.807) is 17.5 Å². The predicted molar refractivity (Wildman–Crippen MR) is 75.3 cm³/mol. The van der Waals surface area contributed by atoms with Crippen LogP contribution in [0.1, 0.15) is 15.4 Å². The van der Waals surface area contributed by atoms with Gasteiger partial charge in [0.05, 0.1) is 27.9 Å². The van der Waals surface area contributed by atoms with Gasteiger partial charge in [0, 0.05) is 11.1 Å². The average Bonchev–Trinajstić information content (AvgIpc) is 2.71. The van der Waals surface area contributed by atoms with Crippen molar-refractivity contribution in [3.63, 3.8) is 0 Å². The topological polar surface area (TPSA) is 63.8 Å². The smallest absolute Gasteiger partial charge is 0.141 e. The van der Waals surface area contributed by atoms with Crippen molar-refractivity contribution in [2.75, 3.05) is 11.1 Å². The van der Waals surface area contributed by atoms with Gasteiger partial charge in [-0.2, -0.15) is 0 Å². The fourth-order valence-electron chi connectivity index (χ4n) is 1.37. The molecule has 2 aromatic heterocycles. The number of aromatic nitrogens is 2. The van der Waals surface area contributed by atoms with Crippen LogP contribution in [-0.4, -0.2) is 9.97 Å². The third kappa shape index (κ3) is 2.76. The Hall–Kier alpha value is -1.14. The van der Waals surface area contributed by atoms with E-state index in [4.69, 9.17) is 5.73 Å². The summed E-state index contributed by atoms with van der Waals surface area (Å²) in [5.74, 6) is 0.808. The molecule has 0 saturated heterocycles. The summed E-state index contributed by atoms with van der Waals surface area (Å²) in [5.41, 5.74) is 7.47. The Bertz CT molecular complexity index is 538. The van der Waals surface area contributed by atoms with Gasteiger partial charge >= 0.3 is 0 Å². The van der Waals surface area contributed by atoms with Crippen LogP contribution in [-0.2, 0) is 6.54 Å². The Morgan fingerprint density at radius 1 is 1.35 bits per heavy atom. The van der Waals surface area contributed by atoms with Crippen molar-refractivity contribution in [2.24, 2.45) is 0 Å². The van der Waals surface area contributed by atoms with Gasteiger partial charge in [-0.05, 0) is 35.3 Å². The molecular weight excluding hydrogens is 300 g/mol. The van der Waals surface area contributed by atoms with Crippen molar-refractivity contribution in [2.45, 2.75) is 20.4 Å². The van der Waals surface area contributed by atoms with Crippen molar-refractivity contribution < 1.29 is 0 Å². The first-order chi connectivity index (χ1) is 8.08. The number of hydrogen-bond donors (Lipinski definition) is 2. The van der Waals surface area contributed by atoms with Crippen LogP contribution in [0.4, 0.5) is 11.5 Å². The maximum atomic E-state index is 5.77.